The molecule has 3 nitrogen and oxygen atoms in total. The van der Waals surface area contributed by atoms with Crippen LogP contribution in [0.3, 0.4) is 0 Å². The minimum atomic E-state index is -1.48. The van der Waals surface area contributed by atoms with Gasteiger partial charge in [-0.05, 0) is 47.8 Å². The number of alkyl halides is 3. The summed E-state index contributed by atoms with van der Waals surface area (Å²) in [5, 5.41) is 0. The molecular formula is C3H6Br3NO2S. The lowest BCUT2D eigenvalue weighted by Crippen LogP contribution is -2.22. The van der Waals surface area contributed by atoms with Crippen molar-refractivity contribution in [3.63, 3.8) is 0 Å². The first-order valence-electron chi connectivity index (χ1n) is 2.37. The van der Waals surface area contributed by atoms with Gasteiger partial charge in [-0.25, -0.2) is 13.1 Å². The SMILES string of the molecule is CCNS(=O)OC(Br)(Br)Br. The maximum Gasteiger partial charge on any atom is 0.249 e. The van der Waals surface area contributed by atoms with Crippen molar-refractivity contribution < 1.29 is 8.39 Å². The summed E-state index contributed by atoms with van der Waals surface area (Å²) in [6, 6.07) is 0. The van der Waals surface area contributed by atoms with Gasteiger partial charge in [0.25, 0.3) is 0 Å². The van der Waals surface area contributed by atoms with Gasteiger partial charge in [0.15, 0.2) is 0 Å². The summed E-state index contributed by atoms with van der Waals surface area (Å²) < 4.78 is 17.2. The molecule has 0 aliphatic heterocycles. The molecule has 0 amide bonds. The van der Waals surface area contributed by atoms with Crippen molar-refractivity contribution in [3.05, 3.63) is 0 Å². The number of rotatable bonds is 3. The van der Waals surface area contributed by atoms with Gasteiger partial charge in [-0.2, -0.15) is 0 Å². The average molecular weight is 360 g/mol. The second kappa shape index (κ2) is 5.21. The summed E-state index contributed by atoms with van der Waals surface area (Å²) >= 11 is 7.60. The number of hydrogen-bond acceptors (Lipinski definition) is 2. The molecule has 0 radical (unpaired) electrons. The molecule has 1 unspecified atom stereocenters. The van der Waals surface area contributed by atoms with E-state index in [1.807, 2.05) is 6.92 Å². The fraction of sp³-hybridized carbons (Fsp3) is 1.00. The fourth-order valence-electron chi connectivity index (χ4n) is 0.233. The van der Waals surface area contributed by atoms with Crippen LogP contribution in [-0.2, 0) is 15.4 Å². The van der Waals surface area contributed by atoms with E-state index in [0.717, 1.165) is 0 Å². The van der Waals surface area contributed by atoms with Crippen LogP contribution in [0.1, 0.15) is 6.92 Å². The van der Waals surface area contributed by atoms with Crippen molar-refractivity contribution in [2.24, 2.45) is 0 Å². The van der Waals surface area contributed by atoms with E-state index in [4.69, 9.17) is 4.18 Å². The Balaban J connectivity index is 3.58. The second-order valence-corrected chi connectivity index (χ2v) is 8.73. The molecule has 1 N–H and O–H groups in total. The molecule has 0 aromatic rings. The molecule has 0 aromatic heterocycles. The van der Waals surface area contributed by atoms with Crippen LogP contribution in [0.25, 0.3) is 0 Å². The van der Waals surface area contributed by atoms with Gasteiger partial charge in [-0.3, -0.25) is 0 Å². The van der Waals surface area contributed by atoms with Crippen LogP contribution >= 0.6 is 47.8 Å². The van der Waals surface area contributed by atoms with Crippen molar-refractivity contribution in [1.82, 2.24) is 4.72 Å². The molecule has 0 heterocycles. The van der Waals surface area contributed by atoms with Gasteiger partial charge >= 0.3 is 0 Å². The molecule has 0 aliphatic rings. The first-order chi connectivity index (χ1) is 4.45. The molecule has 0 saturated heterocycles. The Morgan fingerprint density at radius 2 is 2.10 bits per heavy atom. The summed E-state index contributed by atoms with van der Waals surface area (Å²) in [5.41, 5.74) is 0. The van der Waals surface area contributed by atoms with Crippen LogP contribution < -0.4 is 4.72 Å². The predicted octanol–water partition coefficient (Wildman–Crippen LogP) is 1.99. The Morgan fingerprint density at radius 1 is 1.60 bits per heavy atom. The highest BCUT2D eigenvalue weighted by molar-refractivity contribution is 9.39. The molecule has 0 spiro atoms. The van der Waals surface area contributed by atoms with Crippen LogP contribution in [0.2, 0.25) is 0 Å². The molecule has 0 rings (SSSR count). The van der Waals surface area contributed by atoms with E-state index in [-0.39, 0.29) is 0 Å². The van der Waals surface area contributed by atoms with Crippen molar-refractivity contribution in [2.75, 3.05) is 6.54 Å². The third-order valence-electron chi connectivity index (χ3n) is 0.432. The standard InChI is InChI=1S/C3H6Br3NO2S/c1-2-7-10(8)9-3(4,5)6/h7H,2H2,1H3. The molecule has 0 saturated carbocycles. The molecule has 10 heavy (non-hydrogen) atoms. The second-order valence-electron chi connectivity index (χ2n) is 1.26. The highest BCUT2D eigenvalue weighted by atomic mass is 80.0. The molecule has 7 heteroatoms. The Morgan fingerprint density at radius 3 is 2.40 bits per heavy atom. The largest absolute Gasteiger partial charge is 0.249 e. The maximum absolute atomic E-state index is 10.7. The van der Waals surface area contributed by atoms with Crippen LogP contribution in [0, 0.1) is 0 Å². The molecule has 1 atom stereocenters. The minimum Gasteiger partial charge on any atom is -0.237 e. The van der Waals surface area contributed by atoms with E-state index >= 15 is 0 Å². The Kier molecular flexibility index (Phi) is 5.99. The quantitative estimate of drug-likeness (QED) is 0.783. The highest BCUT2D eigenvalue weighted by Crippen LogP contribution is 2.35. The van der Waals surface area contributed by atoms with Crippen molar-refractivity contribution in [1.29, 1.82) is 0 Å². The minimum absolute atomic E-state index is 0.593. The topological polar surface area (TPSA) is 38.3 Å². The normalized spacial score (nSPS) is 15.2. The van der Waals surface area contributed by atoms with Gasteiger partial charge in [0.1, 0.15) is 0 Å². The molecule has 0 bridgehead atoms. The summed E-state index contributed by atoms with van der Waals surface area (Å²) in [4.78, 5) is 0. The molecular weight excluding hydrogens is 354 g/mol. The molecule has 0 fully saturated rings. The highest BCUT2D eigenvalue weighted by Gasteiger charge is 2.21. The molecule has 0 aromatic carbocycles. The first kappa shape index (κ1) is 11.5. The van der Waals surface area contributed by atoms with Crippen molar-refractivity contribution >= 4 is 59.1 Å². The van der Waals surface area contributed by atoms with E-state index in [9.17, 15) is 4.21 Å². The average Bonchev–Trinajstić information content (AvgIpc) is 1.59. The Bertz CT molecular complexity index is 125. The molecule has 0 aliphatic carbocycles. The van der Waals surface area contributed by atoms with Gasteiger partial charge in [0, 0.05) is 6.54 Å². The lowest BCUT2D eigenvalue weighted by molar-refractivity contribution is 0.383. The van der Waals surface area contributed by atoms with Gasteiger partial charge in [0.2, 0.25) is 13.6 Å². The zero-order valence-corrected chi connectivity index (χ0v) is 10.6. The van der Waals surface area contributed by atoms with E-state index in [1.54, 1.807) is 0 Å². The van der Waals surface area contributed by atoms with Crippen LogP contribution in [0.15, 0.2) is 0 Å². The van der Waals surface area contributed by atoms with Gasteiger partial charge in [-0.1, -0.05) is 6.92 Å². The number of hydrogen-bond donors (Lipinski definition) is 1. The van der Waals surface area contributed by atoms with E-state index in [1.165, 1.54) is 0 Å². The summed E-state index contributed by atoms with van der Waals surface area (Å²) in [6.45, 7) is 2.43. The lowest BCUT2D eigenvalue weighted by Gasteiger charge is -2.10. The Hall–Kier alpha value is 1.51. The van der Waals surface area contributed by atoms with Gasteiger partial charge < -0.3 is 0 Å². The van der Waals surface area contributed by atoms with E-state index in [0.29, 0.717) is 6.54 Å². The fourth-order valence-corrected chi connectivity index (χ4v) is 1.78. The van der Waals surface area contributed by atoms with Gasteiger partial charge in [0.05, 0.1) is 0 Å². The zero-order chi connectivity index (χ0) is 8.20. The summed E-state index contributed by atoms with van der Waals surface area (Å²) in [6.07, 6.45) is 0. The van der Waals surface area contributed by atoms with Crippen LogP contribution in [0.4, 0.5) is 0 Å². The number of nitrogens with one attached hydrogen (secondary N) is 1. The Labute approximate surface area is 87.5 Å². The summed E-state index contributed by atoms with van der Waals surface area (Å²) in [5.74, 6) is 0. The smallest absolute Gasteiger partial charge is 0.237 e. The molecule has 62 valence electrons. The number of halogens is 3. The van der Waals surface area contributed by atoms with Crippen LogP contribution in [0.5, 0.6) is 0 Å². The van der Waals surface area contributed by atoms with Crippen molar-refractivity contribution in [3.8, 4) is 0 Å². The lowest BCUT2D eigenvalue weighted by atomic mass is 10.8. The first-order valence-corrected chi connectivity index (χ1v) is 5.82. The third-order valence-corrected chi connectivity index (χ3v) is 2.49. The summed E-state index contributed by atoms with van der Waals surface area (Å²) in [7, 11) is 0. The van der Waals surface area contributed by atoms with Crippen LogP contribution in [-0.4, -0.2) is 13.1 Å². The van der Waals surface area contributed by atoms with E-state index < -0.39 is 13.6 Å². The van der Waals surface area contributed by atoms with Gasteiger partial charge in [-0.15, -0.1) is 0 Å². The van der Waals surface area contributed by atoms with E-state index in [2.05, 4.69) is 52.5 Å². The maximum atomic E-state index is 10.7. The zero-order valence-electron chi connectivity index (χ0n) is 5.07. The predicted molar refractivity (Wildman–Crippen MR) is 52.4 cm³/mol. The monoisotopic (exact) mass is 357 g/mol. The third kappa shape index (κ3) is 7.62. The van der Waals surface area contributed by atoms with Crippen molar-refractivity contribution in [2.45, 2.75) is 9.25 Å².